The Morgan fingerprint density at radius 1 is 1.30 bits per heavy atom. The van der Waals surface area contributed by atoms with Gasteiger partial charge in [0.25, 0.3) is 0 Å². The highest BCUT2D eigenvalue weighted by molar-refractivity contribution is 9.10. The quantitative estimate of drug-likeness (QED) is 0.902. The number of piperidine rings is 2. The van der Waals surface area contributed by atoms with Crippen molar-refractivity contribution in [2.24, 2.45) is 0 Å². The van der Waals surface area contributed by atoms with Gasteiger partial charge in [-0.2, -0.15) is 0 Å². The molecule has 110 valence electrons. The number of hydrogen-bond acceptors (Lipinski definition) is 2. The van der Waals surface area contributed by atoms with Crippen molar-refractivity contribution in [1.82, 2.24) is 10.2 Å². The van der Waals surface area contributed by atoms with Gasteiger partial charge in [0.1, 0.15) is 5.82 Å². The van der Waals surface area contributed by atoms with E-state index in [9.17, 15) is 4.39 Å². The minimum atomic E-state index is -0.176. The Hall–Kier alpha value is -0.450. The maximum Gasteiger partial charge on any atom is 0.137 e. The summed E-state index contributed by atoms with van der Waals surface area (Å²) in [6.45, 7) is 0.762. The molecule has 4 heteroatoms. The molecule has 2 heterocycles. The summed E-state index contributed by atoms with van der Waals surface area (Å²) in [5, 5.41) is 3.63. The van der Waals surface area contributed by atoms with E-state index in [-0.39, 0.29) is 5.82 Å². The van der Waals surface area contributed by atoms with Crippen molar-refractivity contribution < 1.29 is 4.39 Å². The summed E-state index contributed by atoms with van der Waals surface area (Å²) in [4.78, 5) is 2.57. The third-order valence-electron chi connectivity index (χ3n) is 4.92. The Balaban J connectivity index is 1.57. The highest BCUT2D eigenvalue weighted by Crippen LogP contribution is 2.32. The van der Waals surface area contributed by atoms with Crippen molar-refractivity contribution in [1.29, 1.82) is 0 Å². The largest absolute Gasteiger partial charge is 0.310 e. The first kappa shape index (κ1) is 14.5. The van der Waals surface area contributed by atoms with Gasteiger partial charge >= 0.3 is 0 Å². The molecule has 2 atom stereocenters. The first-order valence-corrected chi connectivity index (χ1v) is 8.32. The van der Waals surface area contributed by atoms with E-state index in [4.69, 9.17) is 0 Å². The number of nitrogens with zero attached hydrogens (tertiary/aromatic N) is 1. The zero-order valence-electron chi connectivity index (χ0n) is 11.9. The predicted molar refractivity (Wildman–Crippen MR) is 83.2 cm³/mol. The van der Waals surface area contributed by atoms with E-state index in [0.29, 0.717) is 10.5 Å². The van der Waals surface area contributed by atoms with Gasteiger partial charge in [-0.3, -0.25) is 0 Å². The lowest BCUT2D eigenvalue weighted by Gasteiger charge is -2.47. The molecule has 2 nitrogen and oxygen atoms in total. The molecule has 0 saturated carbocycles. The standard InChI is InChI=1S/C16H22BrFN2/c1-20-13-3-2-4-14(20)9-12(8-13)19-10-11-5-6-15(17)16(18)7-11/h5-7,12-14,19H,2-4,8-10H2,1H3. The molecule has 3 rings (SSSR count). The van der Waals surface area contributed by atoms with Crippen LogP contribution in [0.2, 0.25) is 0 Å². The van der Waals surface area contributed by atoms with Gasteiger partial charge in [0, 0.05) is 24.7 Å². The minimum absolute atomic E-state index is 0.176. The lowest BCUT2D eigenvalue weighted by atomic mass is 9.82. The molecule has 20 heavy (non-hydrogen) atoms. The molecule has 2 saturated heterocycles. The molecule has 0 aromatic heterocycles. The van der Waals surface area contributed by atoms with E-state index in [2.05, 4.69) is 33.2 Å². The Morgan fingerprint density at radius 2 is 2.00 bits per heavy atom. The average Bonchev–Trinajstić information content (AvgIpc) is 2.41. The van der Waals surface area contributed by atoms with Crippen molar-refractivity contribution >= 4 is 15.9 Å². The van der Waals surface area contributed by atoms with E-state index in [1.165, 1.54) is 32.1 Å². The lowest BCUT2D eigenvalue weighted by molar-refractivity contribution is 0.0482. The fourth-order valence-electron chi connectivity index (χ4n) is 3.69. The van der Waals surface area contributed by atoms with Crippen molar-refractivity contribution in [3.8, 4) is 0 Å². The molecule has 2 aliphatic rings. The van der Waals surface area contributed by atoms with Crippen LogP contribution in [-0.2, 0) is 6.54 Å². The summed E-state index contributed by atoms with van der Waals surface area (Å²) in [5.41, 5.74) is 1.02. The van der Waals surface area contributed by atoms with Gasteiger partial charge < -0.3 is 10.2 Å². The summed E-state index contributed by atoms with van der Waals surface area (Å²) >= 11 is 3.20. The Morgan fingerprint density at radius 3 is 2.65 bits per heavy atom. The normalized spacial score (nSPS) is 30.4. The van der Waals surface area contributed by atoms with Gasteiger partial charge in [0.05, 0.1) is 4.47 Å². The number of halogens is 2. The molecular weight excluding hydrogens is 319 g/mol. The van der Waals surface area contributed by atoms with Crippen LogP contribution >= 0.6 is 15.9 Å². The smallest absolute Gasteiger partial charge is 0.137 e. The number of nitrogens with one attached hydrogen (secondary N) is 1. The molecule has 1 N–H and O–H groups in total. The predicted octanol–water partition coefficient (Wildman–Crippen LogP) is 3.69. The van der Waals surface area contributed by atoms with E-state index in [1.807, 2.05) is 6.07 Å². The van der Waals surface area contributed by atoms with Crippen LogP contribution in [0.1, 0.15) is 37.7 Å². The van der Waals surface area contributed by atoms with Gasteiger partial charge in [-0.1, -0.05) is 12.5 Å². The van der Waals surface area contributed by atoms with Crippen LogP contribution in [0.3, 0.4) is 0 Å². The summed E-state index contributed by atoms with van der Waals surface area (Å²) in [5.74, 6) is -0.176. The molecular formula is C16H22BrFN2. The van der Waals surface area contributed by atoms with E-state index >= 15 is 0 Å². The van der Waals surface area contributed by atoms with Gasteiger partial charge in [0.15, 0.2) is 0 Å². The molecule has 0 aliphatic carbocycles. The van der Waals surface area contributed by atoms with E-state index in [1.54, 1.807) is 12.1 Å². The second-order valence-corrected chi connectivity index (χ2v) is 7.06. The van der Waals surface area contributed by atoms with Crippen LogP contribution in [0.25, 0.3) is 0 Å². The average molecular weight is 341 g/mol. The SMILES string of the molecule is CN1C2CCCC1CC(NCc1ccc(Br)c(F)c1)C2. The summed E-state index contributed by atoms with van der Waals surface area (Å²) in [7, 11) is 2.27. The molecule has 2 unspecified atom stereocenters. The topological polar surface area (TPSA) is 15.3 Å². The number of rotatable bonds is 3. The minimum Gasteiger partial charge on any atom is -0.310 e. The fraction of sp³-hybridized carbons (Fsp3) is 0.625. The van der Waals surface area contributed by atoms with Crippen LogP contribution in [0.15, 0.2) is 22.7 Å². The summed E-state index contributed by atoms with van der Waals surface area (Å²) in [6.07, 6.45) is 6.50. The Kier molecular flexibility index (Phi) is 4.43. The van der Waals surface area contributed by atoms with Crippen molar-refractivity contribution in [2.45, 2.75) is 56.8 Å². The highest BCUT2D eigenvalue weighted by Gasteiger charge is 2.35. The van der Waals surface area contributed by atoms with Gasteiger partial charge in [-0.15, -0.1) is 0 Å². The van der Waals surface area contributed by atoms with E-state index < -0.39 is 0 Å². The third kappa shape index (κ3) is 3.07. The highest BCUT2D eigenvalue weighted by atomic mass is 79.9. The van der Waals surface area contributed by atoms with Crippen molar-refractivity contribution in [3.05, 3.63) is 34.1 Å². The monoisotopic (exact) mass is 340 g/mol. The first-order valence-electron chi connectivity index (χ1n) is 7.52. The molecule has 2 aliphatic heterocycles. The number of hydrogen-bond donors (Lipinski definition) is 1. The molecule has 0 spiro atoms. The van der Waals surface area contributed by atoms with Crippen LogP contribution in [0.4, 0.5) is 4.39 Å². The Labute approximate surface area is 128 Å². The second-order valence-electron chi connectivity index (χ2n) is 6.20. The molecule has 0 amide bonds. The molecule has 2 bridgehead atoms. The summed E-state index contributed by atoms with van der Waals surface area (Å²) in [6, 6.07) is 7.44. The zero-order valence-corrected chi connectivity index (χ0v) is 13.5. The van der Waals surface area contributed by atoms with Crippen molar-refractivity contribution in [3.63, 3.8) is 0 Å². The van der Waals surface area contributed by atoms with Crippen LogP contribution in [-0.4, -0.2) is 30.1 Å². The maximum absolute atomic E-state index is 13.5. The van der Waals surface area contributed by atoms with Crippen LogP contribution in [0.5, 0.6) is 0 Å². The maximum atomic E-state index is 13.5. The molecule has 1 aromatic carbocycles. The number of fused-ring (bicyclic) bond motifs is 2. The van der Waals surface area contributed by atoms with Gasteiger partial charge in [-0.25, -0.2) is 4.39 Å². The molecule has 1 aromatic rings. The van der Waals surface area contributed by atoms with Gasteiger partial charge in [-0.05, 0) is 66.4 Å². The summed E-state index contributed by atoms with van der Waals surface area (Å²) < 4.78 is 14.0. The van der Waals surface area contributed by atoms with Crippen LogP contribution < -0.4 is 5.32 Å². The lowest BCUT2D eigenvalue weighted by Crippen LogP contribution is -2.54. The van der Waals surface area contributed by atoms with Gasteiger partial charge in [0.2, 0.25) is 0 Å². The van der Waals surface area contributed by atoms with Crippen LogP contribution in [0, 0.1) is 5.82 Å². The molecule has 2 fully saturated rings. The van der Waals surface area contributed by atoms with E-state index in [0.717, 1.165) is 24.2 Å². The fourth-order valence-corrected chi connectivity index (χ4v) is 3.94. The Bertz CT molecular complexity index is 466. The first-order chi connectivity index (χ1) is 9.63. The zero-order chi connectivity index (χ0) is 14.1. The van der Waals surface area contributed by atoms with Crippen molar-refractivity contribution in [2.75, 3.05) is 7.05 Å². The second kappa shape index (κ2) is 6.12. The number of benzene rings is 1. The molecule has 0 radical (unpaired) electrons. The third-order valence-corrected chi connectivity index (χ3v) is 5.56.